The number of benzene rings is 5. The number of fused-ring (bicyclic) bond motifs is 7. The fraction of sp³-hybridized carbons (Fsp3) is 0. The molecule has 0 saturated heterocycles. The molecule has 0 saturated carbocycles. The van der Waals surface area contributed by atoms with Gasteiger partial charge in [-0.05, 0) is 61.9 Å². The minimum atomic E-state index is 1.07. The third-order valence-corrected chi connectivity index (χ3v) is 8.30. The van der Waals surface area contributed by atoms with Crippen molar-refractivity contribution < 1.29 is 0 Å². The van der Waals surface area contributed by atoms with E-state index >= 15 is 0 Å². The third kappa shape index (κ3) is 2.60. The standard InChI is InChI=1S/C33H19NS/c1-2-12-21-20(10-1)11-9-17-22(21)29-23-13-3-4-14-24(23)31-30(29)25-15-5-6-16-26(25)32(31)33-34-27-18-7-8-19-28(27)35-33/h1-19H. The molecule has 0 bridgehead atoms. The Balaban J connectivity index is 1.54. The summed E-state index contributed by atoms with van der Waals surface area (Å²) in [6.07, 6.45) is 0. The van der Waals surface area contributed by atoms with E-state index in [4.69, 9.17) is 4.98 Å². The van der Waals surface area contributed by atoms with Crippen molar-refractivity contribution in [3.8, 4) is 0 Å². The molecule has 1 heterocycles. The van der Waals surface area contributed by atoms with Crippen molar-refractivity contribution in [2.24, 2.45) is 0 Å². The van der Waals surface area contributed by atoms with Crippen LogP contribution >= 0.6 is 11.3 Å². The molecule has 0 aliphatic heterocycles. The highest BCUT2D eigenvalue weighted by molar-refractivity contribution is 7.19. The molecule has 1 aromatic heterocycles. The highest BCUT2D eigenvalue weighted by Crippen LogP contribution is 2.59. The van der Waals surface area contributed by atoms with Crippen LogP contribution in [0.25, 0.3) is 43.3 Å². The molecule has 0 atom stereocenters. The van der Waals surface area contributed by atoms with Gasteiger partial charge in [0.25, 0.3) is 0 Å². The average molecular weight is 462 g/mol. The molecule has 2 aliphatic rings. The second kappa shape index (κ2) is 7.11. The third-order valence-electron chi connectivity index (χ3n) is 7.25. The topological polar surface area (TPSA) is 12.9 Å². The normalized spacial score (nSPS) is 14.1. The summed E-state index contributed by atoms with van der Waals surface area (Å²) < 4.78 is 1.23. The number of allylic oxidation sites excluding steroid dienone is 2. The van der Waals surface area contributed by atoms with E-state index in [2.05, 4.69) is 115 Å². The molecule has 0 N–H and O–H groups in total. The van der Waals surface area contributed by atoms with Crippen LogP contribution in [0.1, 0.15) is 32.8 Å². The maximum absolute atomic E-state index is 5.11. The summed E-state index contributed by atoms with van der Waals surface area (Å²) in [6, 6.07) is 41.6. The lowest BCUT2D eigenvalue weighted by Gasteiger charge is -2.13. The summed E-state index contributed by atoms with van der Waals surface area (Å²) in [5.74, 6) is 0. The van der Waals surface area contributed by atoms with Crippen LogP contribution in [0.4, 0.5) is 0 Å². The molecule has 8 rings (SSSR count). The van der Waals surface area contributed by atoms with Crippen LogP contribution in [0.15, 0.2) is 115 Å². The molecule has 1 nitrogen and oxygen atoms in total. The van der Waals surface area contributed by atoms with E-state index in [-0.39, 0.29) is 0 Å². The Morgan fingerprint density at radius 1 is 0.429 bits per heavy atom. The predicted octanol–water partition coefficient (Wildman–Crippen LogP) is 8.69. The molecular formula is C33H19NS. The smallest absolute Gasteiger partial charge is 0.125 e. The molecule has 0 fully saturated rings. The summed E-state index contributed by atoms with van der Waals surface area (Å²) in [5, 5.41) is 3.66. The zero-order valence-corrected chi connectivity index (χ0v) is 19.6. The van der Waals surface area contributed by atoms with Crippen molar-refractivity contribution in [2.75, 3.05) is 0 Å². The number of rotatable bonds is 2. The van der Waals surface area contributed by atoms with Crippen LogP contribution in [0.3, 0.4) is 0 Å². The molecule has 162 valence electrons. The summed E-state index contributed by atoms with van der Waals surface area (Å²) in [4.78, 5) is 5.11. The molecule has 2 heteroatoms. The van der Waals surface area contributed by atoms with Gasteiger partial charge in [0.1, 0.15) is 5.01 Å². The van der Waals surface area contributed by atoms with Crippen molar-refractivity contribution in [3.05, 3.63) is 148 Å². The Morgan fingerprint density at radius 2 is 0.971 bits per heavy atom. The van der Waals surface area contributed by atoms with Gasteiger partial charge in [-0.3, -0.25) is 0 Å². The molecule has 2 aliphatic carbocycles. The maximum atomic E-state index is 5.11. The van der Waals surface area contributed by atoms with Crippen LogP contribution < -0.4 is 0 Å². The lowest BCUT2D eigenvalue weighted by molar-refractivity contribution is 1.43. The quantitative estimate of drug-likeness (QED) is 0.251. The number of hydrogen-bond donors (Lipinski definition) is 0. The lowest BCUT2D eigenvalue weighted by Crippen LogP contribution is -1.93. The average Bonchev–Trinajstić information content (AvgIpc) is 3.58. The summed E-state index contributed by atoms with van der Waals surface area (Å²) >= 11 is 1.79. The van der Waals surface area contributed by atoms with Crippen molar-refractivity contribution >= 4 is 54.6 Å². The van der Waals surface area contributed by atoms with E-state index in [1.165, 1.54) is 65.6 Å². The SMILES string of the molecule is c1ccc2c(c1)C1=C(c3cccc4ccccc34)c3ccccc3C1=C2c1nc2ccccc2s1. The van der Waals surface area contributed by atoms with E-state index in [9.17, 15) is 0 Å². The summed E-state index contributed by atoms with van der Waals surface area (Å²) in [6.45, 7) is 0. The van der Waals surface area contributed by atoms with Crippen LogP contribution in [-0.4, -0.2) is 4.98 Å². The molecule has 35 heavy (non-hydrogen) atoms. The Bertz CT molecular complexity index is 1860. The number of hydrogen-bond acceptors (Lipinski definition) is 2. The summed E-state index contributed by atoms with van der Waals surface area (Å²) in [7, 11) is 0. The Morgan fingerprint density at radius 3 is 1.74 bits per heavy atom. The van der Waals surface area contributed by atoms with Gasteiger partial charge in [0.2, 0.25) is 0 Å². The number of nitrogens with zero attached hydrogens (tertiary/aromatic N) is 1. The minimum Gasteiger partial charge on any atom is -0.236 e. The number of para-hydroxylation sites is 1. The largest absolute Gasteiger partial charge is 0.236 e. The fourth-order valence-electron chi connectivity index (χ4n) is 5.82. The first-order chi connectivity index (χ1) is 17.4. The van der Waals surface area contributed by atoms with Gasteiger partial charge < -0.3 is 0 Å². The van der Waals surface area contributed by atoms with Gasteiger partial charge >= 0.3 is 0 Å². The van der Waals surface area contributed by atoms with E-state index in [1.807, 2.05) is 0 Å². The minimum absolute atomic E-state index is 1.07. The van der Waals surface area contributed by atoms with Gasteiger partial charge in [0, 0.05) is 11.1 Å². The van der Waals surface area contributed by atoms with Crippen molar-refractivity contribution in [3.63, 3.8) is 0 Å². The number of thiazole rings is 1. The lowest BCUT2D eigenvalue weighted by atomic mass is 9.90. The van der Waals surface area contributed by atoms with Gasteiger partial charge in [-0.2, -0.15) is 0 Å². The molecule has 5 aromatic carbocycles. The van der Waals surface area contributed by atoms with Crippen LogP contribution in [0.2, 0.25) is 0 Å². The van der Waals surface area contributed by atoms with Gasteiger partial charge in [0.05, 0.1) is 10.2 Å². The molecule has 0 spiro atoms. The summed E-state index contributed by atoms with van der Waals surface area (Å²) in [5.41, 5.74) is 12.8. The zero-order chi connectivity index (χ0) is 22.9. The van der Waals surface area contributed by atoms with E-state index < -0.39 is 0 Å². The zero-order valence-electron chi connectivity index (χ0n) is 18.8. The molecule has 6 aromatic rings. The number of aromatic nitrogens is 1. The molecule has 0 unspecified atom stereocenters. The first-order valence-electron chi connectivity index (χ1n) is 11.9. The monoisotopic (exact) mass is 461 g/mol. The Hall–Kier alpha value is -4.27. The first kappa shape index (κ1) is 19.1. The fourth-order valence-corrected chi connectivity index (χ4v) is 6.85. The predicted molar refractivity (Wildman–Crippen MR) is 148 cm³/mol. The van der Waals surface area contributed by atoms with Gasteiger partial charge in [-0.25, -0.2) is 4.98 Å². The second-order valence-electron chi connectivity index (χ2n) is 9.10. The van der Waals surface area contributed by atoms with Crippen LogP contribution in [-0.2, 0) is 0 Å². The Labute approximate surface area is 207 Å². The second-order valence-corrected chi connectivity index (χ2v) is 10.1. The highest BCUT2D eigenvalue weighted by Gasteiger charge is 2.38. The van der Waals surface area contributed by atoms with E-state index in [1.54, 1.807) is 11.3 Å². The van der Waals surface area contributed by atoms with Gasteiger partial charge in [-0.15, -0.1) is 11.3 Å². The van der Waals surface area contributed by atoms with Crippen molar-refractivity contribution in [2.45, 2.75) is 0 Å². The Kier molecular flexibility index (Phi) is 3.88. The van der Waals surface area contributed by atoms with E-state index in [0.717, 1.165) is 10.5 Å². The van der Waals surface area contributed by atoms with Gasteiger partial charge in [0.15, 0.2) is 0 Å². The van der Waals surface area contributed by atoms with Crippen LogP contribution in [0.5, 0.6) is 0 Å². The van der Waals surface area contributed by atoms with Crippen LogP contribution in [0, 0.1) is 0 Å². The first-order valence-corrected chi connectivity index (χ1v) is 12.7. The van der Waals surface area contributed by atoms with Gasteiger partial charge in [-0.1, -0.05) is 103 Å². The van der Waals surface area contributed by atoms with Crippen molar-refractivity contribution in [1.82, 2.24) is 4.98 Å². The maximum Gasteiger partial charge on any atom is 0.125 e. The molecular weight excluding hydrogens is 442 g/mol. The van der Waals surface area contributed by atoms with Crippen molar-refractivity contribution in [1.29, 1.82) is 0 Å². The molecule has 0 radical (unpaired) electrons. The van der Waals surface area contributed by atoms with E-state index in [0.29, 0.717) is 0 Å². The molecule has 0 amide bonds. The highest BCUT2D eigenvalue weighted by atomic mass is 32.1.